The van der Waals surface area contributed by atoms with Crippen LogP contribution in [0.4, 0.5) is 8.78 Å². The van der Waals surface area contributed by atoms with E-state index in [1.807, 2.05) is 0 Å². The van der Waals surface area contributed by atoms with Crippen molar-refractivity contribution in [3.8, 4) is 0 Å². The van der Waals surface area contributed by atoms with Crippen LogP contribution in [0.5, 0.6) is 0 Å². The molecule has 7 heteroatoms. The lowest BCUT2D eigenvalue weighted by Crippen LogP contribution is -2.08. The minimum atomic E-state index is -0.637. The fraction of sp³-hybridized carbons (Fsp3) is 0.167. The molecule has 0 aliphatic rings. The Kier molecular flexibility index (Phi) is 4.36. The van der Waals surface area contributed by atoms with Crippen molar-refractivity contribution in [1.82, 2.24) is 9.97 Å². The SMILES string of the molecule is Cc1cc(=O)[nH]c(SCc2c(F)ccc(Br)c2F)n1. The molecular formula is C12H9BrF2N2OS. The standard InChI is InChI=1S/C12H9BrF2N2OS/c1-6-4-10(18)17-12(16-6)19-5-7-9(14)3-2-8(13)11(7)15/h2-4H,5H2,1H3,(H,16,17,18). The molecular weight excluding hydrogens is 338 g/mol. The smallest absolute Gasteiger partial charge is 0.251 e. The average molecular weight is 347 g/mol. The Balaban J connectivity index is 2.23. The lowest BCUT2D eigenvalue weighted by atomic mass is 10.2. The van der Waals surface area contributed by atoms with Gasteiger partial charge in [-0.05, 0) is 35.0 Å². The molecule has 0 radical (unpaired) electrons. The van der Waals surface area contributed by atoms with E-state index in [1.165, 1.54) is 18.2 Å². The maximum atomic E-state index is 13.7. The van der Waals surface area contributed by atoms with E-state index in [2.05, 4.69) is 25.9 Å². The first kappa shape index (κ1) is 14.2. The molecule has 0 saturated carbocycles. The number of thioether (sulfide) groups is 1. The van der Waals surface area contributed by atoms with Gasteiger partial charge in [0.05, 0.1) is 4.47 Å². The second-order valence-electron chi connectivity index (χ2n) is 3.80. The fourth-order valence-corrected chi connectivity index (χ4v) is 2.76. The van der Waals surface area contributed by atoms with E-state index < -0.39 is 11.6 Å². The number of aromatic nitrogens is 2. The molecule has 1 aromatic carbocycles. The maximum Gasteiger partial charge on any atom is 0.251 e. The minimum absolute atomic E-state index is 0.0451. The average Bonchev–Trinajstić information content (AvgIpc) is 2.33. The molecule has 0 amide bonds. The molecule has 0 atom stereocenters. The van der Waals surface area contributed by atoms with Crippen molar-refractivity contribution in [1.29, 1.82) is 0 Å². The lowest BCUT2D eigenvalue weighted by Gasteiger charge is -2.06. The van der Waals surface area contributed by atoms with E-state index in [1.54, 1.807) is 6.92 Å². The number of nitrogens with zero attached hydrogens (tertiary/aromatic N) is 1. The van der Waals surface area contributed by atoms with Gasteiger partial charge in [-0.15, -0.1) is 0 Å². The van der Waals surface area contributed by atoms with E-state index in [4.69, 9.17) is 0 Å². The monoisotopic (exact) mass is 346 g/mol. The first-order chi connectivity index (χ1) is 8.97. The number of nitrogens with one attached hydrogen (secondary N) is 1. The van der Waals surface area contributed by atoms with Crippen LogP contribution in [0.3, 0.4) is 0 Å². The summed E-state index contributed by atoms with van der Waals surface area (Å²) in [5.74, 6) is -1.21. The third kappa shape index (κ3) is 3.42. The summed E-state index contributed by atoms with van der Waals surface area (Å²) < 4.78 is 27.5. The van der Waals surface area contributed by atoms with E-state index in [0.29, 0.717) is 10.9 Å². The van der Waals surface area contributed by atoms with Crippen molar-refractivity contribution in [3.05, 3.63) is 55.9 Å². The molecule has 3 nitrogen and oxygen atoms in total. The van der Waals surface area contributed by atoms with Crippen molar-refractivity contribution in [2.45, 2.75) is 17.8 Å². The molecule has 0 fully saturated rings. The lowest BCUT2D eigenvalue weighted by molar-refractivity contribution is 0.562. The van der Waals surface area contributed by atoms with Crippen LogP contribution in [0, 0.1) is 18.6 Å². The molecule has 0 saturated heterocycles. The van der Waals surface area contributed by atoms with Gasteiger partial charge in [-0.3, -0.25) is 4.79 Å². The van der Waals surface area contributed by atoms with Crippen molar-refractivity contribution in [3.63, 3.8) is 0 Å². The van der Waals surface area contributed by atoms with E-state index >= 15 is 0 Å². The number of aromatic amines is 1. The summed E-state index contributed by atoms with van der Waals surface area (Å²) in [6, 6.07) is 3.85. The topological polar surface area (TPSA) is 45.8 Å². The van der Waals surface area contributed by atoms with Crippen LogP contribution in [-0.4, -0.2) is 9.97 Å². The Bertz CT molecular complexity index is 675. The number of rotatable bonds is 3. The largest absolute Gasteiger partial charge is 0.301 e. The number of aryl methyl sites for hydroxylation is 1. The molecule has 2 rings (SSSR count). The Hall–Kier alpha value is -1.21. The van der Waals surface area contributed by atoms with Gasteiger partial charge < -0.3 is 4.98 Å². The normalized spacial score (nSPS) is 10.7. The van der Waals surface area contributed by atoms with Crippen LogP contribution >= 0.6 is 27.7 Å². The highest BCUT2D eigenvalue weighted by molar-refractivity contribution is 9.10. The minimum Gasteiger partial charge on any atom is -0.301 e. The van der Waals surface area contributed by atoms with Gasteiger partial charge in [0.25, 0.3) is 5.56 Å². The van der Waals surface area contributed by atoms with E-state index in [9.17, 15) is 13.6 Å². The Morgan fingerprint density at radius 1 is 1.42 bits per heavy atom. The van der Waals surface area contributed by atoms with Crippen molar-refractivity contribution in [2.75, 3.05) is 0 Å². The third-order valence-corrected chi connectivity index (χ3v) is 3.85. The summed E-state index contributed by atoms with van der Waals surface area (Å²) in [6.07, 6.45) is 0. The highest BCUT2D eigenvalue weighted by Gasteiger charge is 2.13. The number of H-pyrrole nitrogens is 1. The first-order valence-corrected chi connectivity index (χ1v) is 7.08. The molecule has 2 aromatic rings. The summed E-state index contributed by atoms with van der Waals surface area (Å²) in [6.45, 7) is 1.68. The molecule has 1 N–H and O–H groups in total. The van der Waals surface area contributed by atoms with Gasteiger partial charge in [-0.1, -0.05) is 11.8 Å². The number of hydrogen-bond donors (Lipinski definition) is 1. The zero-order valence-electron chi connectivity index (χ0n) is 9.84. The van der Waals surface area contributed by atoms with E-state index in [-0.39, 0.29) is 21.3 Å². The van der Waals surface area contributed by atoms with Gasteiger partial charge >= 0.3 is 0 Å². The predicted molar refractivity (Wildman–Crippen MR) is 73.2 cm³/mol. The molecule has 19 heavy (non-hydrogen) atoms. The third-order valence-electron chi connectivity index (χ3n) is 2.34. The van der Waals surface area contributed by atoms with Crippen LogP contribution in [0.1, 0.15) is 11.3 Å². The van der Waals surface area contributed by atoms with Gasteiger partial charge in [0, 0.05) is 23.1 Å². The second-order valence-corrected chi connectivity index (χ2v) is 5.62. The summed E-state index contributed by atoms with van der Waals surface area (Å²) in [5, 5.41) is 0.337. The van der Waals surface area contributed by atoms with Crippen molar-refractivity contribution >= 4 is 27.7 Å². The van der Waals surface area contributed by atoms with Gasteiger partial charge in [-0.2, -0.15) is 0 Å². The van der Waals surface area contributed by atoms with Gasteiger partial charge in [-0.25, -0.2) is 13.8 Å². The van der Waals surface area contributed by atoms with Crippen molar-refractivity contribution in [2.24, 2.45) is 0 Å². The molecule has 0 spiro atoms. The van der Waals surface area contributed by atoms with Gasteiger partial charge in [0.1, 0.15) is 11.6 Å². The van der Waals surface area contributed by atoms with Crippen LogP contribution < -0.4 is 5.56 Å². The summed E-state index contributed by atoms with van der Waals surface area (Å²) >= 11 is 4.08. The zero-order chi connectivity index (χ0) is 14.0. The molecule has 0 aliphatic carbocycles. The molecule has 1 heterocycles. The fourth-order valence-electron chi connectivity index (χ4n) is 1.46. The van der Waals surface area contributed by atoms with Crippen LogP contribution in [0.25, 0.3) is 0 Å². The van der Waals surface area contributed by atoms with E-state index in [0.717, 1.165) is 11.8 Å². The van der Waals surface area contributed by atoms with Crippen LogP contribution in [0.15, 0.2) is 32.6 Å². The predicted octanol–water partition coefficient (Wildman–Crippen LogP) is 3.41. The number of hydrogen-bond acceptors (Lipinski definition) is 3. The maximum absolute atomic E-state index is 13.7. The second kappa shape index (κ2) is 5.83. The quantitative estimate of drug-likeness (QED) is 0.526. The van der Waals surface area contributed by atoms with Crippen LogP contribution in [-0.2, 0) is 5.75 Å². The zero-order valence-corrected chi connectivity index (χ0v) is 12.2. The molecule has 0 unspecified atom stereocenters. The Morgan fingerprint density at radius 3 is 2.84 bits per heavy atom. The van der Waals surface area contributed by atoms with Crippen LogP contribution in [0.2, 0.25) is 0 Å². The van der Waals surface area contributed by atoms with Gasteiger partial charge in [0.2, 0.25) is 0 Å². The molecule has 1 aromatic heterocycles. The highest BCUT2D eigenvalue weighted by Crippen LogP contribution is 2.27. The van der Waals surface area contributed by atoms with Crippen molar-refractivity contribution < 1.29 is 8.78 Å². The molecule has 0 bridgehead atoms. The summed E-state index contributed by atoms with van der Waals surface area (Å²) in [4.78, 5) is 17.8. The summed E-state index contributed by atoms with van der Waals surface area (Å²) in [5.41, 5.74) is 0.218. The number of benzene rings is 1. The van der Waals surface area contributed by atoms with Gasteiger partial charge in [0.15, 0.2) is 5.16 Å². The molecule has 0 aliphatic heterocycles. The molecule has 100 valence electrons. The Labute approximate surface area is 120 Å². The summed E-state index contributed by atoms with van der Waals surface area (Å²) in [7, 11) is 0. The number of halogens is 3. The Morgan fingerprint density at radius 2 is 2.16 bits per heavy atom. The first-order valence-electron chi connectivity index (χ1n) is 5.30. The highest BCUT2D eigenvalue weighted by atomic mass is 79.9.